The van der Waals surface area contributed by atoms with Crippen molar-refractivity contribution in [2.24, 2.45) is 5.73 Å². The van der Waals surface area contributed by atoms with E-state index in [0.29, 0.717) is 13.0 Å². The number of carbonyl (C=O) groups is 1. The molecule has 16 heavy (non-hydrogen) atoms. The highest BCUT2D eigenvalue weighted by molar-refractivity contribution is 6.07. The molecule has 0 aliphatic carbocycles. The van der Waals surface area contributed by atoms with E-state index in [2.05, 4.69) is 4.98 Å². The van der Waals surface area contributed by atoms with Gasteiger partial charge >= 0.3 is 0 Å². The van der Waals surface area contributed by atoms with Gasteiger partial charge in [-0.25, -0.2) is 0 Å². The number of hydrogen-bond acceptors (Lipinski definition) is 3. The van der Waals surface area contributed by atoms with Crippen molar-refractivity contribution in [2.45, 2.75) is 12.8 Å². The first kappa shape index (κ1) is 10.8. The smallest absolute Gasteiger partial charge is 0.163 e. The van der Waals surface area contributed by atoms with E-state index in [4.69, 9.17) is 5.73 Å². The highest BCUT2D eigenvalue weighted by Crippen LogP contribution is 2.19. The van der Waals surface area contributed by atoms with Crippen LogP contribution in [-0.4, -0.2) is 17.3 Å². The second-order valence-corrected chi connectivity index (χ2v) is 3.72. The van der Waals surface area contributed by atoms with Crippen molar-refractivity contribution < 1.29 is 4.79 Å². The van der Waals surface area contributed by atoms with Crippen molar-refractivity contribution in [2.75, 3.05) is 6.54 Å². The number of nitrogens with zero attached hydrogens (tertiary/aromatic N) is 1. The molecule has 3 nitrogen and oxygen atoms in total. The lowest BCUT2D eigenvalue weighted by Gasteiger charge is -2.04. The summed E-state index contributed by atoms with van der Waals surface area (Å²) >= 11 is 0. The summed E-state index contributed by atoms with van der Waals surface area (Å²) in [6.07, 6.45) is 4.71. The Morgan fingerprint density at radius 1 is 1.31 bits per heavy atom. The minimum Gasteiger partial charge on any atom is -0.330 e. The second-order valence-electron chi connectivity index (χ2n) is 3.72. The van der Waals surface area contributed by atoms with Crippen molar-refractivity contribution in [3.63, 3.8) is 0 Å². The van der Waals surface area contributed by atoms with E-state index in [1.54, 1.807) is 12.4 Å². The molecule has 0 aliphatic heterocycles. The van der Waals surface area contributed by atoms with Crippen LogP contribution >= 0.6 is 0 Å². The van der Waals surface area contributed by atoms with Crippen LogP contribution in [0.2, 0.25) is 0 Å². The van der Waals surface area contributed by atoms with Crippen LogP contribution in [0.3, 0.4) is 0 Å². The van der Waals surface area contributed by atoms with Gasteiger partial charge in [-0.1, -0.05) is 18.2 Å². The highest BCUT2D eigenvalue weighted by Gasteiger charge is 2.08. The minimum atomic E-state index is 0.143. The number of fused-ring (bicyclic) bond motifs is 1. The Labute approximate surface area is 94.3 Å². The summed E-state index contributed by atoms with van der Waals surface area (Å²) in [5, 5.41) is 1.97. The molecule has 0 amide bonds. The summed E-state index contributed by atoms with van der Waals surface area (Å²) in [5.41, 5.74) is 6.15. The number of Topliss-reactive ketones (excluding diaryl/α,β-unsaturated/α-hetero) is 1. The first-order chi connectivity index (χ1) is 7.83. The van der Waals surface area contributed by atoms with Gasteiger partial charge < -0.3 is 5.73 Å². The van der Waals surface area contributed by atoms with Crippen molar-refractivity contribution in [3.05, 3.63) is 42.2 Å². The molecule has 0 aliphatic rings. The van der Waals surface area contributed by atoms with Gasteiger partial charge in [0.1, 0.15) is 0 Å². The van der Waals surface area contributed by atoms with Gasteiger partial charge in [0.15, 0.2) is 5.78 Å². The number of benzene rings is 1. The van der Waals surface area contributed by atoms with Crippen LogP contribution in [0.4, 0.5) is 0 Å². The third-order valence-electron chi connectivity index (χ3n) is 2.59. The van der Waals surface area contributed by atoms with Gasteiger partial charge in [-0.05, 0) is 24.4 Å². The lowest BCUT2D eigenvalue weighted by atomic mass is 10.0. The molecule has 1 aromatic heterocycles. The van der Waals surface area contributed by atoms with Crippen molar-refractivity contribution in [1.29, 1.82) is 0 Å². The summed E-state index contributed by atoms with van der Waals surface area (Å²) in [4.78, 5) is 16.0. The lowest BCUT2D eigenvalue weighted by molar-refractivity contribution is 0.0982. The van der Waals surface area contributed by atoms with E-state index in [-0.39, 0.29) is 5.78 Å². The van der Waals surface area contributed by atoms with Gasteiger partial charge in [0.2, 0.25) is 0 Å². The zero-order valence-electron chi connectivity index (χ0n) is 9.02. The molecule has 0 fully saturated rings. The van der Waals surface area contributed by atoms with Crippen molar-refractivity contribution >= 4 is 16.6 Å². The minimum absolute atomic E-state index is 0.143. The summed E-state index contributed by atoms with van der Waals surface area (Å²) in [7, 11) is 0. The lowest BCUT2D eigenvalue weighted by Crippen LogP contribution is -2.05. The summed E-state index contributed by atoms with van der Waals surface area (Å²) in [6.45, 7) is 0.550. The number of nitrogens with two attached hydrogens (primary N) is 1. The van der Waals surface area contributed by atoms with Gasteiger partial charge in [0, 0.05) is 29.8 Å². The molecule has 0 saturated heterocycles. The Bertz CT molecular complexity index is 503. The van der Waals surface area contributed by atoms with Crippen molar-refractivity contribution in [3.8, 4) is 0 Å². The molecule has 0 unspecified atom stereocenters. The number of rotatable bonds is 4. The molecule has 2 N–H and O–H groups in total. The number of aromatic nitrogens is 1. The number of pyridine rings is 1. The number of hydrogen-bond donors (Lipinski definition) is 1. The van der Waals surface area contributed by atoms with Gasteiger partial charge in [-0.3, -0.25) is 9.78 Å². The predicted molar refractivity (Wildman–Crippen MR) is 64.4 cm³/mol. The van der Waals surface area contributed by atoms with Crippen LogP contribution in [0.25, 0.3) is 10.8 Å². The Morgan fingerprint density at radius 3 is 3.00 bits per heavy atom. The average molecular weight is 214 g/mol. The maximum Gasteiger partial charge on any atom is 0.163 e. The van der Waals surface area contributed by atoms with Crippen LogP contribution < -0.4 is 5.73 Å². The molecule has 82 valence electrons. The third kappa shape index (κ3) is 2.09. The average Bonchev–Trinajstić information content (AvgIpc) is 2.35. The topological polar surface area (TPSA) is 56.0 Å². The Kier molecular flexibility index (Phi) is 3.27. The molecule has 0 radical (unpaired) electrons. The van der Waals surface area contributed by atoms with Crippen LogP contribution in [0.15, 0.2) is 36.7 Å². The molecule has 3 heteroatoms. The number of carbonyl (C=O) groups excluding carboxylic acids is 1. The largest absolute Gasteiger partial charge is 0.330 e. The normalized spacial score (nSPS) is 10.6. The first-order valence-electron chi connectivity index (χ1n) is 5.39. The molecular formula is C13H14N2O. The summed E-state index contributed by atoms with van der Waals surface area (Å²) in [5.74, 6) is 0.143. The number of ketones is 1. The molecule has 0 spiro atoms. The molecule has 1 heterocycles. The molecular weight excluding hydrogens is 200 g/mol. The van der Waals surface area contributed by atoms with Crippen LogP contribution in [0.5, 0.6) is 0 Å². The van der Waals surface area contributed by atoms with Gasteiger partial charge in [0.25, 0.3) is 0 Å². The van der Waals surface area contributed by atoms with Crippen LogP contribution in [0.1, 0.15) is 23.2 Å². The summed E-state index contributed by atoms with van der Waals surface area (Å²) < 4.78 is 0. The van der Waals surface area contributed by atoms with Crippen LogP contribution in [-0.2, 0) is 0 Å². The zero-order valence-corrected chi connectivity index (χ0v) is 9.02. The monoisotopic (exact) mass is 214 g/mol. The summed E-state index contributed by atoms with van der Waals surface area (Å²) in [6, 6.07) is 7.65. The van der Waals surface area contributed by atoms with Gasteiger partial charge in [0.05, 0.1) is 0 Å². The molecule has 1 aromatic carbocycles. The molecule has 2 aromatic rings. The molecule has 2 rings (SSSR count). The Morgan fingerprint density at radius 2 is 2.19 bits per heavy atom. The Hall–Kier alpha value is -1.74. The van der Waals surface area contributed by atoms with Crippen molar-refractivity contribution in [1.82, 2.24) is 4.98 Å². The van der Waals surface area contributed by atoms with E-state index in [1.165, 1.54) is 0 Å². The fourth-order valence-corrected chi connectivity index (χ4v) is 1.75. The Balaban J connectivity index is 2.40. The maximum absolute atomic E-state index is 11.9. The third-order valence-corrected chi connectivity index (χ3v) is 2.59. The van der Waals surface area contributed by atoms with E-state index >= 15 is 0 Å². The highest BCUT2D eigenvalue weighted by atomic mass is 16.1. The van der Waals surface area contributed by atoms with Gasteiger partial charge in [-0.2, -0.15) is 0 Å². The molecule has 0 bridgehead atoms. The van der Waals surface area contributed by atoms with E-state index in [1.807, 2.05) is 24.3 Å². The second kappa shape index (κ2) is 4.86. The zero-order chi connectivity index (χ0) is 11.4. The van der Waals surface area contributed by atoms with E-state index in [0.717, 1.165) is 22.8 Å². The van der Waals surface area contributed by atoms with Crippen LogP contribution in [0, 0.1) is 0 Å². The fourth-order valence-electron chi connectivity index (χ4n) is 1.75. The van der Waals surface area contributed by atoms with E-state index in [9.17, 15) is 4.79 Å². The standard InChI is InChI=1S/C13H14N2O/c14-7-2-5-13(16)11-4-1-3-10-6-8-15-9-12(10)11/h1,3-4,6,8-9H,2,5,7,14H2. The fraction of sp³-hybridized carbons (Fsp3) is 0.231. The van der Waals surface area contributed by atoms with Gasteiger partial charge in [-0.15, -0.1) is 0 Å². The first-order valence-corrected chi connectivity index (χ1v) is 5.39. The quantitative estimate of drug-likeness (QED) is 0.793. The molecule has 0 atom stereocenters. The predicted octanol–water partition coefficient (Wildman–Crippen LogP) is 2.16. The van der Waals surface area contributed by atoms with E-state index < -0.39 is 0 Å². The SMILES string of the molecule is NCCCC(=O)c1cccc2ccncc12. The molecule has 0 saturated carbocycles. The maximum atomic E-state index is 11.9.